The monoisotopic (exact) mass is 413 g/mol. The Morgan fingerprint density at radius 2 is 1.61 bits per heavy atom. The molecule has 2 aromatic rings. The quantitative estimate of drug-likeness (QED) is 0.772. The van der Waals surface area contributed by atoms with Gasteiger partial charge in [0.2, 0.25) is 0 Å². The largest absolute Gasteiger partial charge is 0.416 e. The van der Waals surface area contributed by atoms with E-state index < -0.39 is 32.9 Å². The van der Waals surface area contributed by atoms with Gasteiger partial charge in [-0.15, -0.1) is 0 Å². The maximum atomic E-state index is 13.0. The Labute approximate surface area is 162 Å². The summed E-state index contributed by atoms with van der Waals surface area (Å²) >= 11 is 0. The molecule has 152 valence electrons. The van der Waals surface area contributed by atoms with Crippen LogP contribution in [0.25, 0.3) is 0 Å². The Kier molecular flexibility index (Phi) is 6.23. The van der Waals surface area contributed by atoms with Crippen molar-refractivity contribution in [2.24, 2.45) is 0 Å². The molecule has 0 atom stereocenters. The third kappa shape index (κ3) is 4.92. The minimum absolute atomic E-state index is 0.0178. The first-order valence-electron chi connectivity index (χ1n) is 8.66. The Hall–Kier alpha value is -2.35. The number of rotatable bonds is 6. The molecule has 0 aromatic heterocycles. The van der Waals surface area contributed by atoms with E-state index in [1.165, 1.54) is 31.2 Å². The van der Waals surface area contributed by atoms with Crippen molar-refractivity contribution in [1.82, 2.24) is 5.32 Å². The fourth-order valence-electron chi connectivity index (χ4n) is 2.70. The second kappa shape index (κ2) is 7.95. The molecule has 0 aliphatic rings. The Morgan fingerprint density at radius 3 is 2.21 bits per heavy atom. The second-order valence-corrected chi connectivity index (χ2v) is 9.29. The Morgan fingerprint density at radius 1 is 1.00 bits per heavy atom. The first-order chi connectivity index (χ1) is 12.9. The van der Waals surface area contributed by atoms with Crippen molar-refractivity contribution in [3.8, 4) is 0 Å². The molecule has 0 fully saturated rings. The highest BCUT2D eigenvalue weighted by molar-refractivity contribution is 7.91. The third-order valence-corrected chi connectivity index (χ3v) is 6.30. The van der Waals surface area contributed by atoms with Gasteiger partial charge in [0.05, 0.1) is 21.8 Å². The molecule has 1 N–H and O–H groups in total. The molecule has 0 spiro atoms. The van der Waals surface area contributed by atoms with E-state index in [1.54, 1.807) is 26.0 Å². The number of carbonyl (C=O) groups excluding carboxylic acids is 1. The van der Waals surface area contributed by atoms with Crippen LogP contribution in [-0.4, -0.2) is 26.6 Å². The van der Waals surface area contributed by atoms with E-state index in [0.717, 1.165) is 12.1 Å². The first kappa shape index (κ1) is 21.9. The van der Waals surface area contributed by atoms with Crippen molar-refractivity contribution in [2.75, 3.05) is 12.3 Å². The molecule has 0 aliphatic heterocycles. The average molecular weight is 413 g/mol. The maximum Gasteiger partial charge on any atom is 0.416 e. The molecule has 28 heavy (non-hydrogen) atoms. The van der Waals surface area contributed by atoms with Gasteiger partial charge in [-0.3, -0.25) is 4.79 Å². The molecule has 1 amide bonds. The number of amides is 1. The highest BCUT2D eigenvalue weighted by Gasteiger charge is 2.32. The lowest BCUT2D eigenvalue weighted by atomic mass is 9.83. The van der Waals surface area contributed by atoms with E-state index >= 15 is 0 Å². The summed E-state index contributed by atoms with van der Waals surface area (Å²) in [7, 11) is -3.59. The van der Waals surface area contributed by atoms with Crippen LogP contribution >= 0.6 is 0 Å². The predicted molar refractivity (Wildman–Crippen MR) is 101 cm³/mol. The van der Waals surface area contributed by atoms with Gasteiger partial charge in [-0.05, 0) is 23.8 Å². The first-order valence-corrected chi connectivity index (χ1v) is 10.3. The van der Waals surface area contributed by atoms with Crippen LogP contribution in [0.4, 0.5) is 13.2 Å². The molecule has 0 saturated heterocycles. The number of benzene rings is 2. The summed E-state index contributed by atoms with van der Waals surface area (Å²) in [5, 5.41) is 2.65. The SMILES string of the molecule is CCS(=O)(=O)c1ccccc1C(=O)NCC(C)(C)c1cccc(C(F)(F)F)c1. The van der Waals surface area contributed by atoms with Gasteiger partial charge in [0.25, 0.3) is 5.91 Å². The highest BCUT2D eigenvalue weighted by atomic mass is 32.2. The molecule has 0 bridgehead atoms. The van der Waals surface area contributed by atoms with Crippen molar-refractivity contribution in [1.29, 1.82) is 0 Å². The zero-order valence-electron chi connectivity index (χ0n) is 15.8. The molecular weight excluding hydrogens is 391 g/mol. The van der Waals surface area contributed by atoms with Crippen molar-refractivity contribution < 1.29 is 26.4 Å². The number of hydrogen-bond donors (Lipinski definition) is 1. The molecule has 0 aliphatic carbocycles. The average Bonchev–Trinajstić information content (AvgIpc) is 2.65. The van der Waals surface area contributed by atoms with Crippen LogP contribution in [0.15, 0.2) is 53.4 Å². The van der Waals surface area contributed by atoms with E-state index in [2.05, 4.69) is 5.32 Å². The number of halogens is 3. The van der Waals surface area contributed by atoms with Gasteiger partial charge in [-0.1, -0.05) is 51.1 Å². The topological polar surface area (TPSA) is 63.2 Å². The lowest BCUT2D eigenvalue weighted by molar-refractivity contribution is -0.137. The molecular formula is C20H22F3NO3S. The Bertz CT molecular complexity index is 967. The zero-order valence-corrected chi connectivity index (χ0v) is 16.6. The zero-order chi connectivity index (χ0) is 21.2. The number of nitrogens with one attached hydrogen (secondary N) is 1. The minimum atomic E-state index is -4.46. The summed E-state index contributed by atoms with van der Waals surface area (Å²) in [5.41, 5.74) is -1.12. The van der Waals surface area contributed by atoms with Crippen molar-refractivity contribution >= 4 is 15.7 Å². The number of alkyl halides is 3. The normalized spacial score (nSPS) is 12.6. The standard InChI is InChI=1S/C20H22F3NO3S/c1-4-28(26,27)17-11-6-5-10-16(17)18(25)24-13-19(2,3)14-8-7-9-15(12-14)20(21,22)23/h5-12H,4,13H2,1-3H3,(H,24,25). The smallest absolute Gasteiger partial charge is 0.351 e. The van der Waals surface area contributed by atoms with Gasteiger partial charge in [0, 0.05) is 12.0 Å². The van der Waals surface area contributed by atoms with E-state index in [0.29, 0.717) is 5.56 Å². The van der Waals surface area contributed by atoms with E-state index in [4.69, 9.17) is 0 Å². The summed E-state index contributed by atoms with van der Waals surface area (Å²) < 4.78 is 63.3. The Balaban J connectivity index is 2.24. The fraction of sp³-hybridized carbons (Fsp3) is 0.350. The lowest BCUT2D eigenvalue weighted by Gasteiger charge is -2.26. The fourth-order valence-corrected chi connectivity index (χ4v) is 3.79. The highest BCUT2D eigenvalue weighted by Crippen LogP contribution is 2.32. The van der Waals surface area contributed by atoms with Gasteiger partial charge in [-0.2, -0.15) is 13.2 Å². The van der Waals surface area contributed by atoms with Crippen LogP contribution in [0.5, 0.6) is 0 Å². The van der Waals surface area contributed by atoms with Gasteiger partial charge in [0.1, 0.15) is 0 Å². The van der Waals surface area contributed by atoms with Crippen molar-refractivity contribution in [3.05, 3.63) is 65.2 Å². The third-order valence-electron chi connectivity index (χ3n) is 4.51. The van der Waals surface area contributed by atoms with Gasteiger partial charge < -0.3 is 5.32 Å². The summed E-state index contributed by atoms with van der Waals surface area (Å²) in [5.74, 6) is -0.736. The van der Waals surface area contributed by atoms with Crippen LogP contribution in [0, 0.1) is 0 Å². The lowest BCUT2D eigenvalue weighted by Crippen LogP contribution is -2.37. The van der Waals surface area contributed by atoms with Crippen LogP contribution in [0.1, 0.15) is 42.3 Å². The van der Waals surface area contributed by atoms with Crippen molar-refractivity contribution in [3.63, 3.8) is 0 Å². The van der Waals surface area contributed by atoms with Crippen LogP contribution < -0.4 is 5.32 Å². The van der Waals surface area contributed by atoms with Crippen LogP contribution in [0.3, 0.4) is 0 Å². The molecule has 2 aromatic carbocycles. The van der Waals surface area contributed by atoms with Crippen molar-refractivity contribution in [2.45, 2.75) is 37.3 Å². The second-order valence-electron chi connectivity index (χ2n) is 7.04. The number of carbonyl (C=O) groups is 1. The molecule has 0 heterocycles. The summed E-state index contributed by atoms with van der Waals surface area (Å²) in [6.45, 7) is 4.93. The van der Waals surface area contributed by atoms with E-state index in [9.17, 15) is 26.4 Å². The minimum Gasteiger partial charge on any atom is -0.351 e. The van der Waals surface area contributed by atoms with Gasteiger partial charge >= 0.3 is 6.18 Å². The van der Waals surface area contributed by atoms with E-state index in [1.807, 2.05) is 0 Å². The molecule has 8 heteroatoms. The molecule has 4 nitrogen and oxygen atoms in total. The van der Waals surface area contributed by atoms with E-state index in [-0.39, 0.29) is 22.8 Å². The van der Waals surface area contributed by atoms with Crippen LogP contribution in [0.2, 0.25) is 0 Å². The molecule has 0 radical (unpaired) electrons. The van der Waals surface area contributed by atoms with Crippen LogP contribution in [-0.2, 0) is 21.4 Å². The molecule has 0 unspecified atom stereocenters. The number of sulfone groups is 1. The number of hydrogen-bond acceptors (Lipinski definition) is 3. The molecule has 2 rings (SSSR count). The van der Waals surface area contributed by atoms with Gasteiger partial charge in [0.15, 0.2) is 9.84 Å². The predicted octanol–water partition coefficient (Wildman–Crippen LogP) is 4.21. The summed E-state index contributed by atoms with van der Waals surface area (Å²) in [4.78, 5) is 12.5. The summed E-state index contributed by atoms with van der Waals surface area (Å²) in [6.07, 6.45) is -4.46. The van der Waals surface area contributed by atoms with Gasteiger partial charge in [-0.25, -0.2) is 8.42 Å². The summed E-state index contributed by atoms with van der Waals surface area (Å²) in [6, 6.07) is 10.8. The molecule has 0 saturated carbocycles. The maximum absolute atomic E-state index is 13.0.